The van der Waals surface area contributed by atoms with Crippen molar-refractivity contribution in [1.82, 2.24) is 19.9 Å². The minimum atomic E-state index is -4.48. The number of rotatable bonds is 5. The fourth-order valence-electron chi connectivity index (χ4n) is 2.29. The number of anilines is 1. The number of carbonyl (C=O) groups is 2. The van der Waals surface area contributed by atoms with Crippen molar-refractivity contribution < 1.29 is 22.8 Å². The van der Waals surface area contributed by atoms with Crippen molar-refractivity contribution in [1.29, 1.82) is 0 Å². The van der Waals surface area contributed by atoms with Crippen molar-refractivity contribution in [3.63, 3.8) is 0 Å². The maximum atomic E-state index is 12.5. The highest BCUT2D eigenvalue weighted by atomic mass is 19.4. The third kappa shape index (κ3) is 4.72. The Labute approximate surface area is 157 Å². The second-order valence-corrected chi connectivity index (χ2v) is 5.68. The van der Waals surface area contributed by atoms with E-state index in [4.69, 9.17) is 0 Å². The summed E-state index contributed by atoms with van der Waals surface area (Å²) in [5.41, 5.74) is -0.404. The molecular formula is C18H14F3N5O2. The molecule has 2 heterocycles. The molecule has 2 N–H and O–H groups in total. The molecule has 0 radical (unpaired) electrons. The quantitative estimate of drug-likeness (QED) is 0.702. The van der Waals surface area contributed by atoms with Gasteiger partial charge in [0.15, 0.2) is 0 Å². The largest absolute Gasteiger partial charge is 0.416 e. The van der Waals surface area contributed by atoms with Crippen LogP contribution < -0.4 is 10.6 Å². The fourth-order valence-corrected chi connectivity index (χ4v) is 2.29. The van der Waals surface area contributed by atoms with E-state index in [2.05, 4.69) is 20.6 Å². The zero-order valence-corrected chi connectivity index (χ0v) is 14.3. The van der Waals surface area contributed by atoms with Crippen LogP contribution in [0.2, 0.25) is 0 Å². The molecular weight excluding hydrogens is 375 g/mol. The molecule has 0 aliphatic rings. The molecule has 0 aliphatic heterocycles. The number of halogens is 3. The van der Waals surface area contributed by atoms with Crippen LogP contribution in [0.4, 0.5) is 18.9 Å². The lowest BCUT2D eigenvalue weighted by Crippen LogP contribution is -2.32. The number of carbonyl (C=O) groups excluding carboxylic acids is 2. The fraction of sp³-hybridized carbons (Fsp3) is 0.111. The molecule has 0 unspecified atom stereocenters. The number of imidazole rings is 1. The molecule has 0 aliphatic carbocycles. The highest BCUT2D eigenvalue weighted by Crippen LogP contribution is 2.29. The van der Waals surface area contributed by atoms with Crippen LogP contribution in [0.3, 0.4) is 0 Å². The Hall–Kier alpha value is -3.69. The number of amides is 2. The van der Waals surface area contributed by atoms with Gasteiger partial charge in [-0.05, 0) is 36.4 Å². The highest BCUT2D eigenvalue weighted by molar-refractivity contribution is 5.99. The molecule has 0 fully saturated rings. The summed E-state index contributed by atoms with van der Waals surface area (Å²) in [5, 5.41) is 4.91. The number of nitrogens with zero attached hydrogens (tertiary/aromatic N) is 3. The summed E-state index contributed by atoms with van der Waals surface area (Å²) in [7, 11) is 0. The van der Waals surface area contributed by atoms with Gasteiger partial charge in [-0.1, -0.05) is 0 Å². The van der Waals surface area contributed by atoms with Gasteiger partial charge in [0.1, 0.15) is 12.1 Å². The predicted molar refractivity (Wildman–Crippen MR) is 93.8 cm³/mol. The number of alkyl halides is 3. The van der Waals surface area contributed by atoms with Crippen LogP contribution in [0.15, 0.2) is 61.3 Å². The smallest absolute Gasteiger partial charge is 0.343 e. The summed E-state index contributed by atoms with van der Waals surface area (Å²) in [6.45, 7) is -0.344. The normalized spacial score (nSPS) is 11.1. The van der Waals surface area contributed by atoms with Gasteiger partial charge in [-0.3, -0.25) is 14.2 Å². The molecule has 2 aromatic heterocycles. The molecule has 0 bridgehead atoms. The molecule has 10 heteroatoms. The van der Waals surface area contributed by atoms with Gasteiger partial charge in [-0.25, -0.2) is 9.97 Å². The summed E-state index contributed by atoms with van der Waals surface area (Å²) in [4.78, 5) is 32.0. The van der Waals surface area contributed by atoms with Crippen molar-refractivity contribution >= 4 is 17.5 Å². The number of nitrogens with one attached hydrogen (secondary N) is 2. The average Bonchev–Trinajstić information content (AvgIpc) is 3.21. The van der Waals surface area contributed by atoms with Gasteiger partial charge in [-0.2, -0.15) is 13.2 Å². The Morgan fingerprint density at radius 3 is 2.39 bits per heavy atom. The SMILES string of the molecule is O=C(CNC(=O)c1ccc(C(F)(F)F)cc1)Nc1ccc(-n2ccnc2)nc1. The van der Waals surface area contributed by atoms with E-state index < -0.39 is 23.6 Å². The maximum Gasteiger partial charge on any atom is 0.416 e. The van der Waals surface area contributed by atoms with Gasteiger partial charge in [0, 0.05) is 18.0 Å². The summed E-state index contributed by atoms with van der Waals surface area (Å²) in [6, 6.07) is 7.03. The number of pyridine rings is 1. The number of hydrogen-bond donors (Lipinski definition) is 2. The third-order valence-corrected chi connectivity index (χ3v) is 3.68. The summed E-state index contributed by atoms with van der Waals surface area (Å²) < 4.78 is 39.3. The van der Waals surface area contributed by atoms with E-state index in [0.717, 1.165) is 24.3 Å². The minimum Gasteiger partial charge on any atom is -0.343 e. The first-order chi connectivity index (χ1) is 13.3. The van der Waals surface area contributed by atoms with Crippen molar-refractivity contribution in [3.05, 3.63) is 72.4 Å². The molecule has 2 amide bonds. The molecule has 28 heavy (non-hydrogen) atoms. The van der Waals surface area contributed by atoms with Gasteiger partial charge in [0.25, 0.3) is 5.91 Å². The van der Waals surface area contributed by atoms with Gasteiger partial charge < -0.3 is 10.6 Å². The van der Waals surface area contributed by atoms with E-state index in [1.54, 1.807) is 35.4 Å². The first-order valence-corrected chi connectivity index (χ1v) is 8.02. The molecule has 0 saturated heterocycles. The van der Waals surface area contributed by atoms with E-state index >= 15 is 0 Å². The standard InChI is InChI=1S/C18H14F3N5O2/c19-18(20,21)13-3-1-12(2-4-13)17(28)24-10-16(27)25-14-5-6-15(23-9-14)26-8-7-22-11-26/h1-9,11H,10H2,(H,24,28)(H,25,27). The van der Waals surface area contributed by atoms with Gasteiger partial charge in [0.2, 0.25) is 5.91 Å². The van der Waals surface area contributed by atoms with Crippen LogP contribution in [0.1, 0.15) is 15.9 Å². The molecule has 1 aromatic carbocycles. The first kappa shape index (κ1) is 19.1. The third-order valence-electron chi connectivity index (χ3n) is 3.68. The summed E-state index contributed by atoms with van der Waals surface area (Å²) in [5.74, 6) is -0.541. The van der Waals surface area contributed by atoms with Crippen LogP contribution in [-0.2, 0) is 11.0 Å². The topological polar surface area (TPSA) is 88.9 Å². The molecule has 3 rings (SSSR count). The second-order valence-electron chi connectivity index (χ2n) is 5.68. The van der Waals surface area contributed by atoms with Crippen molar-refractivity contribution in [2.75, 3.05) is 11.9 Å². The van der Waals surface area contributed by atoms with E-state index in [1.165, 1.54) is 6.20 Å². The zero-order valence-electron chi connectivity index (χ0n) is 14.3. The van der Waals surface area contributed by atoms with Crippen LogP contribution in [0.25, 0.3) is 5.82 Å². The van der Waals surface area contributed by atoms with Crippen LogP contribution >= 0.6 is 0 Å². The van der Waals surface area contributed by atoms with Crippen molar-refractivity contribution in [3.8, 4) is 5.82 Å². The lowest BCUT2D eigenvalue weighted by Gasteiger charge is -2.09. The van der Waals surface area contributed by atoms with Crippen LogP contribution in [0, 0.1) is 0 Å². The summed E-state index contributed by atoms with van der Waals surface area (Å²) >= 11 is 0. The van der Waals surface area contributed by atoms with E-state index in [9.17, 15) is 22.8 Å². The molecule has 7 nitrogen and oxygen atoms in total. The summed E-state index contributed by atoms with van der Waals surface area (Å²) in [6.07, 6.45) is 1.88. The van der Waals surface area contributed by atoms with Gasteiger partial charge in [-0.15, -0.1) is 0 Å². The lowest BCUT2D eigenvalue weighted by molar-refractivity contribution is -0.137. The van der Waals surface area contributed by atoms with E-state index in [-0.39, 0.29) is 12.1 Å². The second kappa shape index (κ2) is 7.91. The molecule has 144 valence electrons. The van der Waals surface area contributed by atoms with Crippen molar-refractivity contribution in [2.24, 2.45) is 0 Å². The predicted octanol–water partition coefficient (Wildman–Crippen LogP) is 2.65. The Morgan fingerprint density at radius 1 is 1.07 bits per heavy atom. The molecule has 0 atom stereocenters. The van der Waals surface area contributed by atoms with Crippen molar-refractivity contribution in [2.45, 2.75) is 6.18 Å². The average molecular weight is 389 g/mol. The highest BCUT2D eigenvalue weighted by Gasteiger charge is 2.30. The zero-order chi connectivity index (χ0) is 20.1. The number of hydrogen-bond acceptors (Lipinski definition) is 4. The molecule has 0 spiro atoms. The van der Waals surface area contributed by atoms with Crippen LogP contribution in [0.5, 0.6) is 0 Å². The monoisotopic (exact) mass is 389 g/mol. The molecule has 0 saturated carbocycles. The molecule has 3 aromatic rings. The maximum absolute atomic E-state index is 12.5. The van der Waals surface area contributed by atoms with E-state index in [0.29, 0.717) is 11.5 Å². The number of aromatic nitrogens is 3. The Balaban J connectivity index is 1.52. The number of benzene rings is 1. The Kier molecular flexibility index (Phi) is 5.39. The van der Waals surface area contributed by atoms with E-state index in [1.807, 2.05) is 0 Å². The van der Waals surface area contributed by atoms with Gasteiger partial charge >= 0.3 is 6.18 Å². The Bertz CT molecular complexity index is 952. The van der Waals surface area contributed by atoms with Crippen LogP contribution in [-0.4, -0.2) is 32.9 Å². The Morgan fingerprint density at radius 2 is 1.82 bits per heavy atom. The minimum absolute atomic E-state index is 0.0205. The lowest BCUT2D eigenvalue weighted by atomic mass is 10.1. The van der Waals surface area contributed by atoms with Gasteiger partial charge in [0.05, 0.1) is 24.0 Å². The first-order valence-electron chi connectivity index (χ1n) is 8.02.